The highest BCUT2D eigenvalue weighted by Crippen LogP contribution is 2.26. The predicted octanol–water partition coefficient (Wildman–Crippen LogP) is 3.76. The molecule has 31 heavy (non-hydrogen) atoms. The summed E-state index contributed by atoms with van der Waals surface area (Å²) in [5, 5.41) is 9.68. The summed E-state index contributed by atoms with van der Waals surface area (Å²) in [6.45, 7) is 2.95. The van der Waals surface area contributed by atoms with Gasteiger partial charge in [0.2, 0.25) is 15.2 Å². The lowest BCUT2D eigenvalue weighted by atomic mass is 10.2. The molecule has 0 aliphatic heterocycles. The number of ether oxygens (including phenoxy) is 1. The molecule has 0 atom stereocenters. The predicted molar refractivity (Wildman–Crippen MR) is 122 cm³/mol. The Morgan fingerprint density at radius 2 is 1.97 bits per heavy atom. The number of hydrogen-bond donors (Lipinski definition) is 2. The highest BCUT2D eigenvalue weighted by atomic mass is 32.2. The number of nitrogens with one attached hydrogen (secondary N) is 2. The number of benzene rings is 2. The maximum atomic E-state index is 12.5. The molecule has 0 spiro atoms. The van der Waals surface area contributed by atoms with Crippen molar-refractivity contribution in [1.29, 1.82) is 0 Å². The number of fused-ring (bicyclic) bond motifs is 3. The summed E-state index contributed by atoms with van der Waals surface area (Å²) in [5.41, 5.74) is 1.88. The molecule has 0 unspecified atom stereocenters. The van der Waals surface area contributed by atoms with Gasteiger partial charge >= 0.3 is 0 Å². The van der Waals surface area contributed by atoms with Gasteiger partial charge in [-0.15, -0.1) is 10.2 Å². The average Bonchev–Trinajstić information content (AvgIpc) is 3.14. The first-order valence-corrected chi connectivity index (χ1v) is 12.5. The van der Waals surface area contributed by atoms with Crippen molar-refractivity contribution < 1.29 is 13.2 Å². The number of sulfonamides is 1. The fourth-order valence-corrected chi connectivity index (χ4v) is 4.74. The number of nitrogens with zero attached hydrogens (tertiary/aromatic N) is 3. The highest BCUT2D eigenvalue weighted by molar-refractivity contribution is 7.99. The van der Waals surface area contributed by atoms with Crippen LogP contribution in [0.5, 0.6) is 5.75 Å². The van der Waals surface area contributed by atoms with Gasteiger partial charge in [-0.3, -0.25) is 0 Å². The number of H-pyrrole nitrogens is 1. The lowest BCUT2D eigenvalue weighted by Gasteiger charge is -2.06. The van der Waals surface area contributed by atoms with Gasteiger partial charge in [0.1, 0.15) is 11.3 Å². The molecule has 0 aliphatic rings. The Kier molecular flexibility index (Phi) is 6.69. The van der Waals surface area contributed by atoms with Crippen molar-refractivity contribution >= 4 is 43.9 Å². The van der Waals surface area contributed by atoms with Crippen molar-refractivity contribution in [3.63, 3.8) is 0 Å². The Hall–Kier alpha value is -2.69. The van der Waals surface area contributed by atoms with Crippen LogP contribution in [0.2, 0.25) is 0 Å². The summed E-state index contributed by atoms with van der Waals surface area (Å²) in [4.78, 5) is 7.92. The minimum atomic E-state index is -3.57. The summed E-state index contributed by atoms with van der Waals surface area (Å²) >= 11 is 1.45. The Bertz CT molecular complexity index is 1280. The summed E-state index contributed by atoms with van der Waals surface area (Å²) in [6.07, 6.45) is 1.71. The van der Waals surface area contributed by atoms with E-state index in [1.807, 2.05) is 37.3 Å². The smallest absolute Gasteiger partial charge is 0.240 e. The Morgan fingerprint density at radius 3 is 2.77 bits per heavy atom. The number of thioether (sulfide) groups is 1. The van der Waals surface area contributed by atoms with E-state index in [4.69, 9.17) is 4.74 Å². The lowest BCUT2D eigenvalue weighted by molar-refractivity contribution is 0.344. The lowest BCUT2D eigenvalue weighted by Crippen LogP contribution is -2.24. The van der Waals surface area contributed by atoms with Crippen LogP contribution in [-0.4, -0.2) is 47.5 Å². The Balaban J connectivity index is 1.48. The number of para-hydroxylation sites is 1. The fourth-order valence-electron chi connectivity index (χ4n) is 3.04. The zero-order valence-electron chi connectivity index (χ0n) is 17.0. The zero-order valence-corrected chi connectivity index (χ0v) is 18.7. The first-order chi connectivity index (χ1) is 15.1. The van der Waals surface area contributed by atoms with Gasteiger partial charge in [0, 0.05) is 23.2 Å². The average molecular weight is 458 g/mol. The Labute approximate surface area is 184 Å². The number of hydrogen-bond acceptors (Lipinski definition) is 7. The number of aromatic nitrogens is 4. The number of rotatable bonds is 10. The van der Waals surface area contributed by atoms with Crippen molar-refractivity contribution in [3.05, 3.63) is 48.5 Å². The normalized spacial score (nSPS) is 11.9. The van der Waals surface area contributed by atoms with E-state index in [2.05, 4.69) is 24.9 Å². The highest BCUT2D eigenvalue weighted by Gasteiger charge is 2.17. The molecule has 0 aliphatic carbocycles. The van der Waals surface area contributed by atoms with Crippen LogP contribution in [0.3, 0.4) is 0 Å². The molecule has 0 bridgehead atoms. The standard InChI is InChI=1S/C21H23N5O3S2/c1-2-3-11-22-31(27,28)16-9-10-18-17(14-16)19-20(23-18)24-21(26-25-19)30-13-12-29-15-7-5-4-6-8-15/h4-10,14,22H,2-3,11-13H2,1H3,(H,23,24,26). The molecule has 0 saturated carbocycles. The molecular weight excluding hydrogens is 434 g/mol. The van der Waals surface area contributed by atoms with Gasteiger partial charge in [-0.25, -0.2) is 18.1 Å². The quantitative estimate of drug-likeness (QED) is 0.276. The van der Waals surface area contributed by atoms with Crippen LogP contribution >= 0.6 is 11.8 Å². The zero-order chi connectivity index (χ0) is 21.7. The van der Waals surface area contributed by atoms with E-state index in [9.17, 15) is 8.42 Å². The monoisotopic (exact) mass is 457 g/mol. The molecule has 4 aromatic rings. The van der Waals surface area contributed by atoms with Crippen LogP contribution in [0.4, 0.5) is 0 Å². The van der Waals surface area contributed by atoms with Crippen molar-refractivity contribution in [1.82, 2.24) is 24.9 Å². The van der Waals surface area contributed by atoms with E-state index in [1.165, 1.54) is 11.8 Å². The maximum absolute atomic E-state index is 12.5. The second kappa shape index (κ2) is 9.63. The summed E-state index contributed by atoms with van der Waals surface area (Å²) < 4.78 is 33.3. The van der Waals surface area contributed by atoms with E-state index >= 15 is 0 Å². The van der Waals surface area contributed by atoms with Gasteiger partial charge in [-0.05, 0) is 36.8 Å². The van der Waals surface area contributed by atoms with E-state index in [0.29, 0.717) is 40.6 Å². The van der Waals surface area contributed by atoms with E-state index < -0.39 is 10.0 Å². The first-order valence-electron chi connectivity index (χ1n) is 10.0. The topological polar surface area (TPSA) is 110 Å². The molecule has 4 rings (SSSR count). The third kappa shape index (κ3) is 5.15. The van der Waals surface area contributed by atoms with Crippen molar-refractivity contribution in [2.24, 2.45) is 0 Å². The largest absolute Gasteiger partial charge is 0.493 e. The van der Waals surface area contributed by atoms with E-state index in [0.717, 1.165) is 24.1 Å². The molecule has 0 radical (unpaired) electrons. The van der Waals surface area contributed by atoms with Crippen molar-refractivity contribution in [2.75, 3.05) is 18.9 Å². The molecule has 2 heterocycles. The van der Waals surface area contributed by atoms with Gasteiger partial charge in [0.15, 0.2) is 5.65 Å². The van der Waals surface area contributed by atoms with Crippen LogP contribution in [-0.2, 0) is 10.0 Å². The molecule has 0 amide bonds. The van der Waals surface area contributed by atoms with Crippen LogP contribution in [0.1, 0.15) is 19.8 Å². The number of aromatic amines is 1. The molecule has 2 aromatic heterocycles. The third-order valence-electron chi connectivity index (χ3n) is 4.63. The minimum Gasteiger partial charge on any atom is -0.493 e. The second-order valence-electron chi connectivity index (χ2n) is 6.89. The van der Waals surface area contributed by atoms with Crippen molar-refractivity contribution in [2.45, 2.75) is 29.8 Å². The van der Waals surface area contributed by atoms with Gasteiger partial charge in [0.25, 0.3) is 0 Å². The van der Waals surface area contributed by atoms with Gasteiger partial charge in [-0.2, -0.15) is 0 Å². The summed E-state index contributed by atoms with van der Waals surface area (Å²) in [5.74, 6) is 1.50. The maximum Gasteiger partial charge on any atom is 0.240 e. The SMILES string of the molecule is CCCCNS(=O)(=O)c1ccc2[nH]c3nc(SCCOc4ccccc4)nnc3c2c1. The van der Waals surface area contributed by atoms with Crippen LogP contribution in [0.25, 0.3) is 22.1 Å². The van der Waals surface area contributed by atoms with Crippen LogP contribution in [0, 0.1) is 0 Å². The van der Waals surface area contributed by atoms with Crippen LogP contribution < -0.4 is 9.46 Å². The third-order valence-corrected chi connectivity index (χ3v) is 6.89. The Morgan fingerprint density at radius 1 is 1.13 bits per heavy atom. The molecule has 0 saturated heterocycles. The van der Waals surface area contributed by atoms with Crippen LogP contribution in [0.15, 0.2) is 58.6 Å². The van der Waals surface area contributed by atoms with E-state index in [-0.39, 0.29) is 4.90 Å². The van der Waals surface area contributed by atoms with Gasteiger partial charge < -0.3 is 9.72 Å². The molecule has 2 aromatic carbocycles. The van der Waals surface area contributed by atoms with Gasteiger partial charge in [-0.1, -0.05) is 43.3 Å². The molecular formula is C21H23N5O3S2. The molecule has 2 N–H and O–H groups in total. The van der Waals surface area contributed by atoms with Crippen molar-refractivity contribution in [3.8, 4) is 5.75 Å². The molecule has 8 nitrogen and oxygen atoms in total. The van der Waals surface area contributed by atoms with E-state index in [1.54, 1.807) is 18.2 Å². The molecule has 10 heteroatoms. The first kappa shape index (κ1) is 21.5. The number of unbranched alkanes of at least 4 members (excludes halogenated alkanes) is 1. The summed E-state index contributed by atoms with van der Waals surface area (Å²) in [6, 6.07) is 14.5. The second-order valence-corrected chi connectivity index (χ2v) is 9.71. The minimum absolute atomic E-state index is 0.204. The molecule has 0 fully saturated rings. The fraction of sp³-hybridized carbons (Fsp3) is 0.286. The van der Waals surface area contributed by atoms with Gasteiger partial charge in [0.05, 0.1) is 11.5 Å². The summed E-state index contributed by atoms with van der Waals surface area (Å²) in [7, 11) is -3.57. The molecule has 162 valence electrons.